The van der Waals surface area contributed by atoms with Crippen LogP contribution in [-0.2, 0) is 20.9 Å². The molecule has 8 heteroatoms. The van der Waals surface area contributed by atoms with Gasteiger partial charge in [-0.3, -0.25) is 4.21 Å². The second-order valence-corrected chi connectivity index (χ2v) is 5.93. The summed E-state index contributed by atoms with van der Waals surface area (Å²) in [5.41, 5.74) is 0. The van der Waals surface area contributed by atoms with Gasteiger partial charge in [0, 0.05) is 11.2 Å². The molecule has 1 unspecified atom stereocenters. The van der Waals surface area contributed by atoms with E-state index < -0.39 is 20.9 Å². The molecule has 0 aromatic heterocycles. The van der Waals surface area contributed by atoms with E-state index >= 15 is 0 Å². The Morgan fingerprint density at radius 3 is 2.33 bits per heavy atom. The molecule has 0 radical (unpaired) electrons. The Balaban J connectivity index is 0.00000196. The molecular weight excluding hydrogens is 271 g/mol. The van der Waals surface area contributed by atoms with Gasteiger partial charge < -0.3 is 4.55 Å². The first kappa shape index (κ1) is 15.6. The van der Waals surface area contributed by atoms with Gasteiger partial charge in [-0.1, -0.05) is 11.6 Å². The maximum atomic E-state index is 11.1. The quantitative estimate of drug-likeness (QED) is 0.462. The van der Waals surface area contributed by atoms with Crippen LogP contribution in [0, 0.1) is 0 Å². The van der Waals surface area contributed by atoms with Crippen molar-refractivity contribution in [2.24, 2.45) is 0 Å². The van der Waals surface area contributed by atoms with Crippen LogP contribution >= 0.6 is 11.6 Å². The van der Waals surface area contributed by atoms with Crippen molar-refractivity contribution in [2.45, 2.75) is 9.79 Å². The molecule has 1 rings (SSSR count). The van der Waals surface area contributed by atoms with E-state index in [4.69, 9.17) is 11.6 Å². The summed E-state index contributed by atoms with van der Waals surface area (Å²) in [6, 6.07) is 3.53. The van der Waals surface area contributed by atoms with Crippen LogP contribution in [0.25, 0.3) is 0 Å². The Morgan fingerprint density at radius 2 is 1.93 bits per heavy atom. The molecule has 0 bridgehead atoms. The van der Waals surface area contributed by atoms with E-state index in [1.54, 1.807) is 0 Å². The average Bonchev–Trinajstić information content (AvgIpc) is 2.02. The molecule has 0 fully saturated rings. The normalized spacial score (nSPS) is 13.0. The van der Waals surface area contributed by atoms with Crippen molar-refractivity contribution < 1.29 is 46.7 Å². The van der Waals surface area contributed by atoms with Crippen LogP contribution in [0.1, 0.15) is 0 Å². The van der Waals surface area contributed by atoms with Crippen LogP contribution in [0.2, 0.25) is 5.02 Å². The molecule has 4 nitrogen and oxygen atoms in total. The molecule has 0 amide bonds. The van der Waals surface area contributed by atoms with Crippen LogP contribution in [0.5, 0.6) is 0 Å². The number of hydrogen-bond donors (Lipinski definition) is 0. The van der Waals surface area contributed by atoms with Crippen molar-refractivity contribution in [1.29, 1.82) is 0 Å². The minimum Gasteiger partial charge on any atom is -0.768 e. The number of halogens is 1. The summed E-state index contributed by atoms with van der Waals surface area (Å²) in [6.07, 6.45) is 0.994. The van der Waals surface area contributed by atoms with Crippen LogP contribution in [0.15, 0.2) is 28.0 Å². The first-order valence-electron chi connectivity index (χ1n) is 3.41. The first-order valence-corrected chi connectivity index (χ1v) is 6.75. The van der Waals surface area contributed by atoms with E-state index in [9.17, 15) is 17.2 Å². The fourth-order valence-electron chi connectivity index (χ4n) is 0.842. The van der Waals surface area contributed by atoms with Crippen molar-refractivity contribution in [3.63, 3.8) is 0 Å². The van der Waals surface area contributed by atoms with Gasteiger partial charge in [-0.2, -0.15) is 0 Å². The maximum absolute atomic E-state index is 11.1. The molecule has 0 aliphatic heterocycles. The van der Waals surface area contributed by atoms with Gasteiger partial charge in [0.05, 0.1) is 9.92 Å². The zero-order valence-corrected chi connectivity index (χ0v) is 12.4. The van der Waals surface area contributed by atoms with Gasteiger partial charge in [0.25, 0.3) is 0 Å². The summed E-state index contributed by atoms with van der Waals surface area (Å²) >= 11 is 3.02. The molecular formula is C7H6ClNaO4S2. The van der Waals surface area contributed by atoms with Crippen molar-refractivity contribution in [3.05, 3.63) is 23.2 Å². The van der Waals surface area contributed by atoms with E-state index in [2.05, 4.69) is 0 Å². The molecule has 0 N–H and O–H groups in total. The largest absolute Gasteiger partial charge is 1.00 e. The number of rotatable bonds is 2. The zero-order chi connectivity index (χ0) is 10.9. The van der Waals surface area contributed by atoms with Gasteiger partial charge in [-0.25, -0.2) is 8.42 Å². The molecule has 1 aromatic rings. The van der Waals surface area contributed by atoms with Gasteiger partial charge in [-0.15, -0.1) is 0 Å². The molecule has 0 saturated carbocycles. The first-order chi connectivity index (χ1) is 6.32. The number of hydrogen-bond acceptors (Lipinski definition) is 4. The molecule has 1 atom stereocenters. The van der Waals surface area contributed by atoms with Gasteiger partial charge in [0.15, 0.2) is 9.84 Å². The molecule has 15 heavy (non-hydrogen) atoms. The van der Waals surface area contributed by atoms with Crippen LogP contribution < -0.4 is 29.6 Å². The van der Waals surface area contributed by atoms with Gasteiger partial charge >= 0.3 is 29.6 Å². The Morgan fingerprint density at radius 1 is 1.40 bits per heavy atom. The van der Waals surface area contributed by atoms with Crippen LogP contribution in [0.3, 0.4) is 0 Å². The Labute approximate surface area is 118 Å². The van der Waals surface area contributed by atoms with Crippen molar-refractivity contribution in [2.75, 3.05) is 6.26 Å². The van der Waals surface area contributed by atoms with E-state index in [1.165, 1.54) is 12.1 Å². The fourth-order valence-corrected chi connectivity index (χ4v) is 2.32. The van der Waals surface area contributed by atoms with Crippen LogP contribution in [0.4, 0.5) is 0 Å². The number of sulfone groups is 1. The molecule has 0 heterocycles. The van der Waals surface area contributed by atoms with E-state index in [-0.39, 0.29) is 44.4 Å². The number of benzene rings is 1. The summed E-state index contributed by atoms with van der Waals surface area (Å²) in [6.45, 7) is 0. The monoisotopic (exact) mass is 276 g/mol. The summed E-state index contributed by atoms with van der Waals surface area (Å²) in [5, 5.41) is 0.00531. The molecule has 0 aliphatic rings. The summed E-state index contributed by atoms with van der Waals surface area (Å²) in [4.78, 5) is -0.282. The molecule has 0 spiro atoms. The second kappa shape index (κ2) is 5.77. The Kier molecular flexibility index (Phi) is 5.99. The van der Waals surface area contributed by atoms with Gasteiger partial charge in [-0.05, 0) is 29.3 Å². The third-order valence-electron chi connectivity index (χ3n) is 1.51. The van der Waals surface area contributed by atoms with Crippen molar-refractivity contribution in [3.8, 4) is 0 Å². The molecule has 0 aliphatic carbocycles. The Hall–Kier alpha value is 0.570. The fraction of sp³-hybridized carbons (Fsp3) is 0.143. The summed E-state index contributed by atoms with van der Waals surface area (Å²) < 4.78 is 43.4. The van der Waals surface area contributed by atoms with Crippen molar-refractivity contribution >= 4 is 32.5 Å². The van der Waals surface area contributed by atoms with E-state index in [0.717, 1.165) is 12.3 Å². The minimum absolute atomic E-state index is 0. The van der Waals surface area contributed by atoms with Crippen LogP contribution in [-0.4, -0.2) is 23.4 Å². The molecule has 1 aromatic carbocycles. The minimum atomic E-state index is -3.41. The van der Waals surface area contributed by atoms with Crippen molar-refractivity contribution in [1.82, 2.24) is 0 Å². The van der Waals surface area contributed by atoms with Gasteiger partial charge in [0.2, 0.25) is 0 Å². The third kappa shape index (κ3) is 4.14. The average molecular weight is 277 g/mol. The standard InChI is InChI=1S/C7H7ClO4S2.Na/c1-14(11,12)5-2-3-6(8)7(4-5)13(9)10;/h2-4H,1H3,(H,9,10);/q;+1/p-1. The summed E-state index contributed by atoms with van der Waals surface area (Å²) in [5.74, 6) is 0. The third-order valence-corrected chi connectivity index (χ3v) is 3.76. The maximum Gasteiger partial charge on any atom is 1.00 e. The zero-order valence-electron chi connectivity index (χ0n) is 8.06. The second-order valence-electron chi connectivity index (χ2n) is 2.60. The Bertz CT molecular complexity index is 486. The van der Waals surface area contributed by atoms with E-state index in [0.29, 0.717) is 0 Å². The molecule has 0 saturated heterocycles. The predicted molar refractivity (Wildman–Crippen MR) is 51.7 cm³/mol. The topological polar surface area (TPSA) is 74.3 Å². The van der Waals surface area contributed by atoms with Gasteiger partial charge in [0.1, 0.15) is 0 Å². The predicted octanol–water partition coefficient (Wildman–Crippen LogP) is -2.01. The summed E-state index contributed by atoms with van der Waals surface area (Å²) in [7, 11) is -3.41. The van der Waals surface area contributed by atoms with E-state index in [1.807, 2.05) is 0 Å². The smallest absolute Gasteiger partial charge is 0.768 e. The molecule has 78 valence electrons. The SMILES string of the molecule is CS(=O)(=O)c1ccc(Cl)c(S(=O)[O-])c1.[Na+].